The molecular weight excluding hydrogens is 438 g/mol. The number of hydrogen-bond donors (Lipinski definition) is 2. The van der Waals surface area contributed by atoms with Crippen LogP contribution in [0.3, 0.4) is 0 Å². The second-order valence-corrected chi connectivity index (χ2v) is 8.73. The van der Waals surface area contributed by atoms with Gasteiger partial charge in [-0.1, -0.05) is 71.9 Å². The number of rotatable bonds is 7. The minimum absolute atomic E-state index is 0.135. The third kappa shape index (κ3) is 4.67. The van der Waals surface area contributed by atoms with Gasteiger partial charge in [0.2, 0.25) is 11.1 Å². The molecule has 0 saturated heterocycles. The molecular formula is C21H18ClN5OS2. The number of nitrogens with two attached hydrogens (primary N) is 1. The van der Waals surface area contributed by atoms with E-state index in [1.165, 1.54) is 27.8 Å². The molecule has 0 aliphatic heterocycles. The fraction of sp³-hybridized carbons (Fsp3) is 0.0952. The number of nitrogens with zero attached hydrogens (tertiary/aromatic N) is 3. The SMILES string of the molecule is Nn1c(SCC(=O)NC(c2ccccc2)c2ccc(Cl)cc2)nnc1-c1cccs1. The average Bonchev–Trinajstić information content (AvgIpc) is 3.42. The molecule has 6 nitrogen and oxygen atoms in total. The first-order valence-corrected chi connectivity index (χ1v) is 11.3. The third-order valence-corrected chi connectivity index (χ3v) is 6.44. The van der Waals surface area contributed by atoms with E-state index >= 15 is 0 Å². The molecule has 4 aromatic rings. The molecule has 0 spiro atoms. The first-order valence-electron chi connectivity index (χ1n) is 9.09. The third-order valence-electron chi connectivity index (χ3n) is 4.38. The Morgan fingerprint density at radius 3 is 2.50 bits per heavy atom. The van der Waals surface area contributed by atoms with Crippen LogP contribution in [0.4, 0.5) is 0 Å². The van der Waals surface area contributed by atoms with E-state index in [1.807, 2.05) is 72.1 Å². The van der Waals surface area contributed by atoms with Gasteiger partial charge in [0, 0.05) is 5.02 Å². The van der Waals surface area contributed by atoms with Crippen molar-refractivity contribution in [3.63, 3.8) is 0 Å². The minimum atomic E-state index is -0.283. The lowest BCUT2D eigenvalue weighted by molar-refractivity contribution is -0.119. The lowest BCUT2D eigenvalue weighted by Crippen LogP contribution is -2.30. The maximum Gasteiger partial charge on any atom is 0.231 e. The normalized spacial score (nSPS) is 11.9. The zero-order valence-corrected chi connectivity index (χ0v) is 18.1. The van der Waals surface area contributed by atoms with Crippen molar-refractivity contribution in [1.82, 2.24) is 20.2 Å². The second-order valence-electron chi connectivity index (χ2n) is 6.40. The van der Waals surface area contributed by atoms with Crippen LogP contribution in [-0.2, 0) is 4.79 Å². The summed E-state index contributed by atoms with van der Waals surface area (Å²) in [5.41, 5.74) is 1.94. The van der Waals surface area contributed by atoms with Gasteiger partial charge in [0.1, 0.15) is 0 Å². The molecule has 0 aliphatic rings. The molecule has 1 unspecified atom stereocenters. The highest BCUT2D eigenvalue weighted by Gasteiger charge is 2.19. The molecule has 30 heavy (non-hydrogen) atoms. The van der Waals surface area contributed by atoms with Crippen molar-refractivity contribution in [3.8, 4) is 10.7 Å². The molecule has 0 bridgehead atoms. The Hall–Kier alpha value is -2.81. The predicted octanol–water partition coefficient (Wildman–Crippen LogP) is 4.37. The van der Waals surface area contributed by atoms with E-state index in [-0.39, 0.29) is 17.7 Å². The lowest BCUT2D eigenvalue weighted by atomic mass is 9.99. The van der Waals surface area contributed by atoms with Crippen LogP contribution < -0.4 is 11.2 Å². The maximum atomic E-state index is 12.7. The van der Waals surface area contributed by atoms with Crippen LogP contribution in [0.2, 0.25) is 5.02 Å². The highest BCUT2D eigenvalue weighted by molar-refractivity contribution is 7.99. The van der Waals surface area contributed by atoms with Gasteiger partial charge in [-0.25, -0.2) is 4.68 Å². The van der Waals surface area contributed by atoms with E-state index in [9.17, 15) is 4.79 Å². The van der Waals surface area contributed by atoms with Crippen molar-refractivity contribution >= 4 is 40.6 Å². The van der Waals surface area contributed by atoms with Gasteiger partial charge in [0.05, 0.1) is 16.7 Å². The minimum Gasteiger partial charge on any atom is -0.344 e. The predicted molar refractivity (Wildman–Crippen MR) is 122 cm³/mol. The standard InChI is InChI=1S/C21H18ClN5OS2/c22-16-10-8-15(9-11-16)19(14-5-2-1-3-6-14)24-18(28)13-30-21-26-25-20(27(21)23)17-7-4-12-29-17/h1-12,19H,13,23H2,(H,24,28). The Morgan fingerprint density at radius 2 is 1.80 bits per heavy atom. The molecule has 2 aromatic heterocycles. The number of benzene rings is 2. The van der Waals surface area contributed by atoms with Crippen LogP contribution in [-0.4, -0.2) is 26.5 Å². The number of thioether (sulfide) groups is 1. The van der Waals surface area contributed by atoms with Crippen LogP contribution in [0.15, 0.2) is 77.3 Å². The molecule has 9 heteroatoms. The molecule has 2 aromatic carbocycles. The number of carbonyl (C=O) groups excluding carboxylic acids is 1. The summed E-state index contributed by atoms with van der Waals surface area (Å²) in [6, 6.07) is 20.8. The second kappa shape index (κ2) is 9.34. The van der Waals surface area contributed by atoms with Crippen molar-refractivity contribution in [2.24, 2.45) is 0 Å². The molecule has 1 amide bonds. The van der Waals surface area contributed by atoms with Crippen LogP contribution in [0.25, 0.3) is 10.7 Å². The highest BCUT2D eigenvalue weighted by Crippen LogP contribution is 2.26. The Labute approximate surface area is 187 Å². The number of nitrogens with one attached hydrogen (secondary N) is 1. The number of thiophene rings is 1. The van der Waals surface area contributed by atoms with Gasteiger partial charge >= 0.3 is 0 Å². The van der Waals surface area contributed by atoms with E-state index in [1.54, 1.807) is 0 Å². The fourth-order valence-electron chi connectivity index (χ4n) is 2.94. The van der Waals surface area contributed by atoms with Crippen molar-refractivity contribution < 1.29 is 4.79 Å². The molecule has 1 atom stereocenters. The summed E-state index contributed by atoms with van der Waals surface area (Å²) in [7, 11) is 0. The molecule has 0 radical (unpaired) electrons. The van der Waals surface area contributed by atoms with Crippen molar-refractivity contribution in [3.05, 3.63) is 88.3 Å². The summed E-state index contributed by atoms with van der Waals surface area (Å²) in [6.45, 7) is 0. The molecule has 4 rings (SSSR count). The van der Waals surface area contributed by atoms with Gasteiger partial charge in [-0.3, -0.25) is 4.79 Å². The van der Waals surface area contributed by atoms with Crippen LogP contribution in [0.5, 0.6) is 0 Å². The summed E-state index contributed by atoms with van der Waals surface area (Å²) < 4.78 is 1.41. The fourth-order valence-corrected chi connectivity index (χ4v) is 4.44. The summed E-state index contributed by atoms with van der Waals surface area (Å²) in [5.74, 6) is 6.72. The Morgan fingerprint density at radius 1 is 1.07 bits per heavy atom. The number of amides is 1. The molecule has 152 valence electrons. The molecule has 3 N–H and O–H groups in total. The lowest BCUT2D eigenvalue weighted by Gasteiger charge is -2.20. The molecule has 0 fully saturated rings. The van der Waals surface area contributed by atoms with Gasteiger partial charge in [-0.05, 0) is 34.7 Å². The smallest absolute Gasteiger partial charge is 0.231 e. The number of carbonyl (C=O) groups is 1. The largest absolute Gasteiger partial charge is 0.344 e. The van der Waals surface area contributed by atoms with E-state index in [2.05, 4.69) is 15.5 Å². The average molecular weight is 456 g/mol. The van der Waals surface area contributed by atoms with Gasteiger partial charge in [0.25, 0.3) is 0 Å². The van der Waals surface area contributed by atoms with E-state index in [0.29, 0.717) is 16.0 Å². The first kappa shape index (κ1) is 20.5. The maximum absolute atomic E-state index is 12.7. The van der Waals surface area contributed by atoms with Crippen molar-refractivity contribution in [1.29, 1.82) is 0 Å². The number of halogens is 1. The zero-order chi connectivity index (χ0) is 20.9. The van der Waals surface area contributed by atoms with E-state index in [0.717, 1.165) is 16.0 Å². The number of aromatic nitrogens is 3. The number of hydrogen-bond acceptors (Lipinski definition) is 6. The Balaban J connectivity index is 1.46. The number of nitrogen functional groups attached to an aromatic ring is 1. The summed E-state index contributed by atoms with van der Waals surface area (Å²) >= 11 is 8.80. The Kier molecular flexibility index (Phi) is 6.37. The summed E-state index contributed by atoms with van der Waals surface area (Å²) in [5, 5.41) is 14.4. The summed E-state index contributed by atoms with van der Waals surface area (Å²) in [4.78, 5) is 13.7. The van der Waals surface area contributed by atoms with E-state index < -0.39 is 0 Å². The molecule has 0 saturated carbocycles. The topological polar surface area (TPSA) is 85.8 Å². The molecule has 2 heterocycles. The zero-order valence-electron chi connectivity index (χ0n) is 15.7. The van der Waals surface area contributed by atoms with Gasteiger partial charge in [-0.15, -0.1) is 21.5 Å². The van der Waals surface area contributed by atoms with Crippen LogP contribution >= 0.6 is 34.7 Å². The Bertz CT molecular complexity index is 1110. The quantitative estimate of drug-likeness (QED) is 0.319. The van der Waals surface area contributed by atoms with Gasteiger partial charge in [0.15, 0.2) is 5.82 Å². The summed E-state index contributed by atoms with van der Waals surface area (Å²) in [6.07, 6.45) is 0. The van der Waals surface area contributed by atoms with Crippen molar-refractivity contribution in [2.45, 2.75) is 11.2 Å². The van der Waals surface area contributed by atoms with Crippen LogP contribution in [0.1, 0.15) is 17.2 Å². The van der Waals surface area contributed by atoms with Crippen LogP contribution in [0, 0.1) is 0 Å². The molecule has 0 aliphatic carbocycles. The monoisotopic (exact) mass is 455 g/mol. The highest BCUT2D eigenvalue weighted by atomic mass is 35.5. The van der Waals surface area contributed by atoms with E-state index in [4.69, 9.17) is 17.4 Å². The first-order chi connectivity index (χ1) is 14.6. The van der Waals surface area contributed by atoms with Gasteiger partial charge < -0.3 is 11.2 Å². The van der Waals surface area contributed by atoms with Gasteiger partial charge in [-0.2, -0.15) is 0 Å². The van der Waals surface area contributed by atoms with Crippen molar-refractivity contribution in [2.75, 3.05) is 11.6 Å².